The van der Waals surface area contributed by atoms with Gasteiger partial charge in [0, 0.05) is 50.7 Å². The Morgan fingerprint density at radius 3 is 2.52 bits per heavy atom. The van der Waals surface area contributed by atoms with E-state index in [1.807, 2.05) is 36.2 Å². The Morgan fingerprint density at radius 2 is 1.90 bits per heavy atom. The Morgan fingerprint density at radius 1 is 1.17 bits per heavy atom. The third kappa shape index (κ3) is 6.99. The number of nitrogens with one attached hydrogen (secondary N) is 1. The number of rotatable bonds is 6. The second-order valence-corrected chi connectivity index (χ2v) is 8.23. The van der Waals surface area contributed by atoms with Gasteiger partial charge < -0.3 is 15.1 Å². The number of benzene rings is 1. The van der Waals surface area contributed by atoms with Crippen LogP contribution >= 0.6 is 35.3 Å². The zero-order chi connectivity index (χ0) is 19.8. The number of carbonyl (C=O) groups is 1. The Labute approximate surface area is 195 Å². The number of carbonyl (C=O) groups excluding carboxylic acids is 1. The highest BCUT2D eigenvalue weighted by Crippen LogP contribution is 2.14. The van der Waals surface area contributed by atoms with Crippen LogP contribution in [0.4, 0.5) is 0 Å². The number of likely N-dealkylation sites (tertiary alicyclic amines) is 1. The number of hydrogen-bond donors (Lipinski definition) is 1. The quantitative estimate of drug-likeness (QED) is 0.348. The molecule has 158 valence electrons. The SMILES string of the molecule is CN=C(NCc1ccc(C(=O)N2CCCCC2)cc1)N(C)CCc1cccs1.I. The first-order valence-electron chi connectivity index (χ1n) is 10.00. The van der Waals surface area contributed by atoms with Crippen LogP contribution in [-0.4, -0.2) is 55.4 Å². The predicted molar refractivity (Wildman–Crippen MR) is 132 cm³/mol. The summed E-state index contributed by atoms with van der Waals surface area (Å²) in [5, 5.41) is 5.52. The number of nitrogens with zero attached hydrogens (tertiary/aromatic N) is 3. The molecule has 1 N–H and O–H groups in total. The van der Waals surface area contributed by atoms with E-state index < -0.39 is 0 Å². The van der Waals surface area contributed by atoms with Crippen molar-refractivity contribution in [2.45, 2.75) is 32.2 Å². The summed E-state index contributed by atoms with van der Waals surface area (Å²) in [5.74, 6) is 1.04. The van der Waals surface area contributed by atoms with Crippen LogP contribution in [0.2, 0.25) is 0 Å². The van der Waals surface area contributed by atoms with E-state index in [-0.39, 0.29) is 29.9 Å². The van der Waals surface area contributed by atoms with Crippen molar-refractivity contribution in [3.8, 4) is 0 Å². The summed E-state index contributed by atoms with van der Waals surface area (Å²) in [6.07, 6.45) is 4.49. The Bertz CT molecular complexity index is 771. The summed E-state index contributed by atoms with van der Waals surface area (Å²) < 4.78 is 0. The fraction of sp³-hybridized carbons (Fsp3) is 0.455. The standard InChI is InChI=1S/C22H30N4OS.HI/c1-23-22(25(2)15-12-20-7-6-16-28-20)24-17-18-8-10-19(11-9-18)21(27)26-13-4-3-5-14-26;/h6-11,16H,3-5,12-15,17H2,1-2H3,(H,23,24);1H. The average molecular weight is 526 g/mol. The number of thiophene rings is 1. The molecule has 1 aliphatic rings. The lowest BCUT2D eigenvalue weighted by Gasteiger charge is -2.26. The Hall–Kier alpha value is -1.61. The summed E-state index contributed by atoms with van der Waals surface area (Å²) in [6.45, 7) is 3.38. The van der Waals surface area contributed by atoms with Gasteiger partial charge in [0.05, 0.1) is 0 Å². The van der Waals surface area contributed by atoms with Crippen molar-refractivity contribution in [2.24, 2.45) is 4.99 Å². The van der Waals surface area contributed by atoms with Crippen LogP contribution in [0.5, 0.6) is 0 Å². The van der Waals surface area contributed by atoms with Crippen molar-refractivity contribution in [1.82, 2.24) is 15.1 Å². The molecule has 7 heteroatoms. The van der Waals surface area contributed by atoms with Crippen LogP contribution in [0, 0.1) is 0 Å². The van der Waals surface area contributed by atoms with Gasteiger partial charge >= 0.3 is 0 Å². The van der Waals surface area contributed by atoms with E-state index in [2.05, 4.69) is 39.8 Å². The smallest absolute Gasteiger partial charge is 0.253 e. The van der Waals surface area contributed by atoms with Crippen molar-refractivity contribution in [3.05, 3.63) is 57.8 Å². The van der Waals surface area contributed by atoms with Gasteiger partial charge in [-0.1, -0.05) is 18.2 Å². The fourth-order valence-corrected chi connectivity index (χ4v) is 4.15. The average Bonchev–Trinajstić information content (AvgIpc) is 3.27. The van der Waals surface area contributed by atoms with E-state index in [0.717, 1.165) is 56.0 Å². The molecule has 5 nitrogen and oxygen atoms in total. The van der Waals surface area contributed by atoms with Crippen molar-refractivity contribution < 1.29 is 4.79 Å². The van der Waals surface area contributed by atoms with E-state index in [1.165, 1.54) is 11.3 Å². The molecule has 1 fully saturated rings. The van der Waals surface area contributed by atoms with Gasteiger partial charge in [-0.15, -0.1) is 35.3 Å². The van der Waals surface area contributed by atoms with Crippen LogP contribution < -0.4 is 5.32 Å². The molecule has 2 heterocycles. The van der Waals surface area contributed by atoms with Crippen LogP contribution in [0.25, 0.3) is 0 Å². The van der Waals surface area contributed by atoms with Crippen LogP contribution in [0.1, 0.15) is 40.1 Å². The number of guanidine groups is 1. The van der Waals surface area contributed by atoms with Crippen LogP contribution in [-0.2, 0) is 13.0 Å². The summed E-state index contributed by atoms with van der Waals surface area (Å²) >= 11 is 1.79. The largest absolute Gasteiger partial charge is 0.352 e. The van der Waals surface area contributed by atoms with Gasteiger partial charge in [-0.2, -0.15) is 0 Å². The zero-order valence-corrected chi connectivity index (χ0v) is 20.4. The van der Waals surface area contributed by atoms with E-state index in [1.54, 1.807) is 11.3 Å². The predicted octanol–water partition coefficient (Wildman–Crippen LogP) is 4.24. The highest BCUT2D eigenvalue weighted by Gasteiger charge is 2.17. The normalized spacial score (nSPS) is 14.3. The van der Waals surface area contributed by atoms with Crippen molar-refractivity contribution in [2.75, 3.05) is 33.7 Å². The van der Waals surface area contributed by atoms with Gasteiger partial charge in [0.15, 0.2) is 5.96 Å². The molecule has 3 rings (SSSR count). The summed E-state index contributed by atoms with van der Waals surface area (Å²) in [5.41, 5.74) is 1.92. The van der Waals surface area contributed by atoms with Crippen molar-refractivity contribution >= 4 is 47.2 Å². The molecule has 0 aliphatic carbocycles. The minimum Gasteiger partial charge on any atom is -0.352 e. The van der Waals surface area contributed by atoms with Gasteiger partial charge in [-0.3, -0.25) is 9.79 Å². The van der Waals surface area contributed by atoms with E-state index in [0.29, 0.717) is 6.54 Å². The molecule has 1 amide bonds. The van der Waals surface area contributed by atoms with Gasteiger partial charge in [-0.05, 0) is 54.8 Å². The maximum atomic E-state index is 12.6. The van der Waals surface area contributed by atoms with Gasteiger partial charge in [0.25, 0.3) is 5.91 Å². The topological polar surface area (TPSA) is 47.9 Å². The van der Waals surface area contributed by atoms with E-state index >= 15 is 0 Å². The van der Waals surface area contributed by atoms with Crippen LogP contribution in [0.15, 0.2) is 46.8 Å². The molecule has 1 aliphatic heterocycles. The summed E-state index contributed by atoms with van der Waals surface area (Å²) in [4.78, 5) is 22.5. The molecule has 0 atom stereocenters. The maximum Gasteiger partial charge on any atom is 0.253 e. The van der Waals surface area contributed by atoms with Gasteiger partial charge in [-0.25, -0.2) is 0 Å². The van der Waals surface area contributed by atoms with Crippen molar-refractivity contribution in [3.63, 3.8) is 0 Å². The summed E-state index contributed by atoms with van der Waals surface area (Å²) in [7, 11) is 3.87. The first-order chi connectivity index (χ1) is 13.7. The monoisotopic (exact) mass is 526 g/mol. The lowest BCUT2D eigenvalue weighted by Crippen LogP contribution is -2.39. The molecular formula is C22H31IN4OS. The number of aliphatic imine (C=N–C) groups is 1. The number of amides is 1. The third-order valence-electron chi connectivity index (χ3n) is 5.14. The molecule has 0 spiro atoms. The van der Waals surface area contributed by atoms with Gasteiger partial charge in [0.1, 0.15) is 0 Å². The number of piperidine rings is 1. The highest BCUT2D eigenvalue weighted by atomic mass is 127. The molecule has 29 heavy (non-hydrogen) atoms. The lowest BCUT2D eigenvalue weighted by molar-refractivity contribution is 0.0724. The fourth-order valence-electron chi connectivity index (χ4n) is 3.45. The molecule has 0 radical (unpaired) electrons. The van der Waals surface area contributed by atoms with Crippen molar-refractivity contribution in [1.29, 1.82) is 0 Å². The van der Waals surface area contributed by atoms with E-state index in [9.17, 15) is 4.79 Å². The second-order valence-electron chi connectivity index (χ2n) is 7.20. The zero-order valence-electron chi connectivity index (χ0n) is 17.3. The number of likely N-dealkylation sites (N-methyl/N-ethyl adjacent to an activating group) is 1. The molecular weight excluding hydrogens is 495 g/mol. The van der Waals surface area contributed by atoms with Crippen LogP contribution in [0.3, 0.4) is 0 Å². The molecule has 0 unspecified atom stereocenters. The molecule has 0 bridgehead atoms. The number of hydrogen-bond acceptors (Lipinski definition) is 3. The molecule has 0 saturated carbocycles. The molecule has 1 saturated heterocycles. The third-order valence-corrected chi connectivity index (χ3v) is 6.08. The first kappa shape index (κ1) is 23.7. The number of halogens is 1. The minimum atomic E-state index is 0. The Balaban J connectivity index is 0.00000300. The second kappa shape index (κ2) is 12.2. The first-order valence-corrected chi connectivity index (χ1v) is 10.9. The van der Waals surface area contributed by atoms with E-state index in [4.69, 9.17) is 0 Å². The summed E-state index contributed by atoms with van der Waals surface area (Å²) in [6, 6.07) is 12.2. The minimum absolute atomic E-state index is 0. The molecule has 1 aromatic heterocycles. The lowest BCUT2D eigenvalue weighted by atomic mass is 10.1. The maximum absolute atomic E-state index is 12.6. The molecule has 1 aromatic carbocycles. The molecule has 2 aromatic rings. The van der Waals surface area contributed by atoms with Gasteiger partial charge in [0.2, 0.25) is 0 Å². The Kier molecular flexibility index (Phi) is 9.93. The highest BCUT2D eigenvalue weighted by molar-refractivity contribution is 14.0.